The van der Waals surface area contributed by atoms with Gasteiger partial charge in [-0.3, -0.25) is 4.79 Å². The third-order valence-corrected chi connectivity index (χ3v) is 3.85. The predicted molar refractivity (Wildman–Crippen MR) is 100 cm³/mol. The second-order valence-corrected chi connectivity index (χ2v) is 6.99. The zero-order valence-corrected chi connectivity index (χ0v) is 15.2. The second-order valence-electron chi connectivity index (χ2n) is 6.99. The maximum Gasteiger partial charge on any atom is 0.251 e. The molecule has 2 aromatic heterocycles. The van der Waals surface area contributed by atoms with Crippen molar-refractivity contribution in [2.24, 2.45) is 5.92 Å². The van der Waals surface area contributed by atoms with Crippen molar-refractivity contribution in [1.82, 2.24) is 19.9 Å². The third kappa shape index (κ3) is 3.71. The van der Waals surface area contributed by atoms with Crippen LogP contribution in [0.15, 0.2) is 42.6 Å². The third-order valence-electron chi connectivity index (χ3n) is 3.85. The van der Waals surface area contributed by atoms with E-state index >= 15 is 0 Å². The Kier molecular flexibility index (Phi) is 4.83. The van der Waals surface area contributed by atoms with E-state index < -0.39 is 0 Å². The summed E-state index contributed by atoms with van der Waals surface area (Å²) in [4.78, 5) is 21.6. The summed E-state index contributed by atoms with van der Waals surface area (Å²) < 4.78 is 2.14. The topological polar surface area (TPSA) is 59.8 Å². The number of carbonyl (C=O) groups excluding carboxylic acids is 1. The lowest BCUT2D eigenvalue weighted by atomic mass is 10.1. The Morgan fingerprint density at radius 1 is 1.16 bits per heavy atom. The molecule has 0 spiro atoms. The molecule has 0 unspecified atom stereocenters. The van der Waals surface area contributed by atoms with Crippen molar-refractivity contribution < 1.29 is 4.79 Å². The molecule has 0 saturated heterocycles. The highest BCUT2D eigenvalue weighted by Crippen LogP contribution is 2.25. The molecule has 0 aliphatic rings. The number of benzene rings is 1. The highest BCUT2D eigenvalue weighted by molar-refractivity contribution is 5.95. The molecular formula is C20H24N4O. The Balaban J connectivity index is 2.08. The van der Waals surface area contributed by atoms with Gasteiger partial charge in [0, 0.05) is 29.9 Å². The molecule has 5 nitrogen and oxygen atoms in total. The minimum absolute atomic E-state index is 0.0681. The highest BCUT2D eigenvalue weighted by Gasteiger charge is 2.16. The van der Waals surface area contributed by atoms with Crippen LogP contribution in [-0.2, 0) is 6.54 Å². The largest absolute Gasteiger partial charge is 0.350 e. The molecule has 0 atom stereocenters. The van der Waals surface area contributed by atoms with Crippen molar-refractivity contribution in [2.75, 3.05) is 0 Å². The number of nitrogens with zero attached hydrogens (tertiary/aromatic N) is 3. The highest BCUT2D eigenvalue weighted by atomic mass is 16.1. The van der Waals surface area contributed by atoms with Gasteiger partial charge in [0.2, 0.25) is 0 Å². The van der Waals surface area contributed by atoms with E-state index in [0.717, 1.165) is 29.1 Å². The summed E-state index contributed by atoms with van der Waals surface area (Å²) in [5, 5.41) is 2.93. The van der Waals surface area contributed by atoms with Crippen LogP contribution in [0.5, 0.6) is 0 Å². The maximum absolute atomic E-state index is 12.3. The molecule has 25 heavy (non-hydrogen) atoms. The maximum atomic E-state index is 12.3. The van der Waals surface area contributed by atoms with E-state index in [-0.39, 0.29) is 11.9 Å². The average Bonchev–Trinajstić information content (AvgIpc) is 2.92. The van der Waals surface area contributed by atoms with E-state index in [4.69, 9.17) is 4.98 Å². The van der Waals surface area contributed by atoms with Gasteiger partial charge in [0.25, 0.3) is 5.91 Å². The minimum Gasteiger partial charge on any atom is -0.350 e. The smallest absolute Gasteiger partial charge is 0.251 e. The first-order chi connectivity index (χ1) is 12.0. The van der Waals surface area contributed by atoms with Gasteiger partial charge >= 0.3 is 0 Å². The van der Waals surface area contributed by atoms with Gasteiger partial charge in [0.05, 0.1) is 0 Å². The van der Waals surface area contributed by atoms with Crippen LogP contribution in [0.2, 0.25) is 0 Å². The number of hydrogen-bond donors (Lipinski definition) is 1. The number of fused-ring (bicyclic) bond motifs is 1. The van der Waals surface area contributed by atoms with Gasteiger partial charge in [-0.25, -0.2) is 9.97 Å². The zero-order chi connectivity index (χ0) is 18.0. The van der Waals surface area contributed by atoms with Gasteiger partial charge in [-0.1, -0.05) is 26.0 Å². The van der Waals surface area contributed by atoms with E-state index in [0.29, 0.717) is 11.5 Å². The van der Waals surface area contributed by atoms with Gasteiger partial charge in [-0.2, -0.15) is 0 Å². The summed E-state index contributed by atoms with van der Waals surface area (Å²) >= 11 is 0. The number of imidazole rings is 1. The van der Waals surface area contributed by atoms with E-state index in [9.17, 15) is 4.79 Å². The van der Waals surface area contributed by atoms with Gasteiger partial charge in [-0.15, -0.1) is 0 Å². The van der Waals surface area contributed by atoms with Gasteiger partial charge in [-0.05, 0) is 44.0 Å². The second kappa shape index (κ2) is 7.05. The van der Waals surface area contributed by atoms with Gasteiger partial charge in [0.15, 0.2) is 5.65 Å². The molecule has 0 bridgehead atoms. The predicted octanol–water partition coefficient (Wildman–Crippen LogP) is 3.89. The molecule has 1 aromatic carbocycles. The molecular weight excluding hydrogens is 312 g/mol. The molecule has 0 aliphatic carbocycles. The molecule has 1 N–H and O–H groups in total. The summed E-state index contributed by atoms with van der Waals surface area (Å²) in [6, 6.07) is 11.6. The van der Waals surface area contributed by atoms with Crippen molar-refractivity contribution in [3.05, 3.63) is 48.2 Å². The van der Waals surface area contributed by atoms with E-state index in [1.54, 1.807) is 6.20 Å². The molecule has 2 heterocycles. The zero-order valence-electron chi connectivity index (χ0n) is 15.2. The van der Waals surface area contributed by atoms with Crippen molar-refractivity contribution in [3.8, 4) is 11.4 Å². The van der Waals surface area contributed by atoms with Crippen LogP contribution in [-0.4, -0.2) is 26.5 Å². The summed E-state index contributed by atoms with van der Waals surface area (Å²) in [7, 11) is 0. The number of pyridine rings is 1. The van der Waals surface area contributed by atoms with E-state index in [1.165, 1.54) is 0 Å². The molecule has 1 amide bonds. The normalized spacial score (nSPS) is 11.4. The standard InChI is InChI=1S/C20H24N4O/c1-13(2)12-24-18(23-17-9-6-10-21-19(17)24)15-7-5-8-16(11-15)20(25)22-14(3)4/h5-11,13-14H,12H2,1-4H3,(H,22,25). The Morgan fingerprint density at radius 2 is 1.96 bits per heavy atom. The molecule has 130 valence electrons. The molecule has 0 radical (unpaired) electrons. The number of nitrogens with one attached hydrogen (secondary N) is 1. The number of rotatable bonds is 5. The SMILES string of the molecule is CC(C)Cn1c(-c2cccc(C(=O)NC(C)C)c2)nc2cccnc21. The van der Waals surface area contributed by atoms with Crippen LogP contribution in [0.3, 0.4) is 0 Å². The molecule has 5 heteroatoms. The summed E-state index contributed by atoms with van der Waals surface area (Å²) in [5.74, 6) is 1.24. The van der Waals surface area contributed by atoms with E-state index in [2.05, 4.69) is 28.7 Å². The van der Waals surface area contributed by atoms with E-state index in [1.807, 2.05) is 50.2 Å². The van der Waals surface area contributed by atoms with Crippen LogP contribution in [0.4, 0.5) is 0 Å². The number of aromatic nitrogens is 3. The number of hydrogen-bond acceptors (Lipinski definition) is 3. The van der Waals surface area contributed by atoms with Crippen molar-refractivity contribution in [1.29, 1.82) is 0 Å². The van der Waals surface area contributed by atoms with Crippen LogP contribution < -0.4 is 5.32 Å². The molecule has 0 saturated carbocycles. The van der Waals surface area contributed by atoms with Crippen LogP contribution >= 0.6 is 0 Å². The van der Waals surface area contributed by atoms with Gasteiger partial charge < -0.3 is 9.88 Å². The minimum atomic E-state index is -0.0681. The Hall–Kier alpha value is -2.69. The first-order valence-electron chi connectivity index (χ1n) is 8.68. The lowest BCUT2D eigenvalue weighted by molar-refractivity contribution is 0.0943. The summed E-state index contributed by atoms with van der Waals surface area (Å²) in [6.45, 7) is 9.08. The van der Waals surface area contributed by atoms with Crippen LogP contribution in [0.25, 0.3) is 22.6 Å². The Morgan fingerprint density at radius 3 is 2.68 bits per heavy atom. The fourth-order valence-corrected chi connectivity index (χ4v) is 2.86. The Bertz CT molecular complexity index is 896. The van der Waals surface area contributed by atoms with Crippen LogP contribution in [0.1, 0.15) is 38.1 Å². The van der Waals surface area contributed by atoms with Gasteiger partial charge in [0.1, 0.15) is 11.3 Å². The molecule has 0 aliphatic heterocycles. The van der Waals surface area contributed by atoms with Crippen molar-refractivity contribution in [2.45, 2.75) is 40.3 Å². The first-order valence-corrected chi connectivity index (χ1v) is 8.68. The monoisotopic (exact) mass is 336 g/mol. The molecule has 0 fully saturated rings. The molecule has 3 aromatic rings. The molecule has 3 rings (SSSR count). The van der Waals surface area contributed by atoms with Crippen molar-refractivity contribution in [3.63, 3.8) is 0 Å². The summed E-state index contributed by atoms with van der Waals surface area (Å²) in [6.07, 6.45) is 1.79. The fourth-order valence-electron chi connectivity index (χ4n) is 2.86. The lowest BCUT2D eigenvalue weighted by Crippen LogP contribution is -2.30. The average molecular weight is 336 g/mol. The summed E-state index contributed by atoms with van der Waals surface area (Å²) in [5.41, 5.74) is 3.32. The van der Waals surface area contributed by atoms with Crippen LogP contribution in [0, 0.1) is 5.92 Å². The lowest BCUT2D eigenvalue weighted by Gasteiger charge is -2.12. The number of carbonyl (C=O) groups is 1. The Labute approximate surface area is 148 Å². The first kappa shape index (κ1) is 17.1. The fraction of sp³-hybridized carbons (Fsp3) is 0.350. The van der Waals surface area contributed by atoms with Crippen molar-refractivity contribution >= 4 is 17.1 Å². The quantitative estimate of drug-likeness (QED) is 0.769. The number of amides is 1.